The first kappa shape index (κ1) is 7.09. The molecule has 2 rings (SSSR count). The average Bonchev–Trinajstić information content (AvgIpc) is 2.45. The van der Waals surface area contributed by atoms with Gasteiger partial charge in [-0.2, -0.15) is 0 Å². The quantitative estimate of drug-likeness (QED) is 0.664. The maximum Gasteiger partial charge on any atom is 0.150 e. The Kier molecular flexibility index (Phi) is 1.60. The van der Waals surface area contributed by atoms with Crippen LogP contribution in [-0.2, 0) is 0 Å². The van der Waals surface area contributed by atoms with E-state index >= 15 is 0 Å². The van der Waals surface area contributed by atoms with Crippen LogP contribution in [0.25, 0.3) is 11.0 Å². The van der Waals surface area contributed by atoms with E-state index in [-0.39, 0.29) is 5.82 Å². The Hall–Kier alpha value is -0.580. The first-order valence-electron chi connectivity index (χ1n) is 3.10. The highest BCUT2D eigenvalue weighted by molar-refractivity contribution is 14.1. The topological polar surface area (TPSA) is 13.1 Å². The van der Waals surface area contributed by atoms with Gasteiger partial charge in [0.1, 0.15) is 11.4 Å². The second-order valence-electron chi connectivity index (χ2n) is 2.19. The van der Waals surface area contributed by atoms with Crippen LogP contribution in [0.15, 0.2) is 28.9 Å². The summed E-state index contributed by atoms with van der Waals surface area (Å²) in [6, 6.07) is 4.77. The summed E-state index contributed by atoms with van der Waals surface area (Å²) in [6.07, 6.45) is 1.50. The third-order valence-electron chi connectivity index (χ3n) is 1.52. The van der Waals surface area contributed by atoms with Gasteiger partial charge < -0.3 is 4.42 Å². The van der Waals surface area contributed by atoms with E-state index in [1.165, 1.54) is 12.3 Å². The Bertz CT molecular complexity index is 358. The van der Waals surface area contributed by atoms with E-state index in [2.05, 4.69) is 22.6 Å². The summed E-state index contributed by atoms with van der Waals surface area (Å²) >= 11 is 2.11. The molecule has 0 bridgehead atoms. The minimum atomic E-state index is -0.228. The van der Waals surface area contributed by atoms with E-state index in [0.717, 1.165) is 3.57 Å². The van der Waals surface area contributed by atoms with Crippen LogP contribution in [0.5, 0.6) is 0 Å². The first-order valence-corrected chi connectivity index (χ1v) is 4.18. The Labute approximate surface area is 76.3 Å². The largest absolute Gasteiger partial charge is 0.463 e. The minimum absolute atomic E-state index is 0.228. The zero-order chi connectivity index (χ0) is 7.84. The summed E-state index contributed by atoms with van der Waals surface area (Å²) in [6.45, 7) is 0. The van der Waals surface area contributed by atoms with Crippen molar-refractivity contribution in [2.75, 3.05) is 0 Å². The molecule has 0 atom stereocenters. The zero-order valence-electron chi connectivity index (χ0n) is 5.47. The fourth-order valence-corrected chi connectivity index (χ4v) is 1.59. The number of rotatable bonds is 0. The van der Waals surface area contributed by atoms with Crippen LogP contribution in [0.3, 0.4) is 0 Å². The number of hydrogen-bond donors (Lipinski definition) is 0. The fraction of sp³-hybridized carbons (Fsp3) is 0. The molecule has 0 aliphatic rings. The molecular weight excluding hydrogens is 258 g/mol. The molecule has 0 fully saturated rings. The third kappa shape index (κ3) is 1.03. The lowest BCUT2D eigenvalue weighted by Crippen LogP contribution is -1.76. The third-order valence-corrected chi connectivity index (χ3v) is 2.36. The lowest BCUT2D eigenvalue weighted by Gasteiger charge is -1.92. The van der Waals surface area contributed by atoms with Crippen LogP contribution in [0.2, 0.25) is 0 Å². The molecule has 1 aromatic heterocycles. The van der Waals surface area contributed by atoms with Gasteiger partial charge in [-0.05, 0) is 40.8 Å². The molecule has 0 N–H and O–H groups in total. The van der Waals surface area contributed by atoms with Gasteiger partial charge in [0.05, 0.1) is 15.2 Å². The van der Waals surface area contributed by atoms with Crippen molar-refractivity contribution in [2.45, 2.75) is 0 Å². The monoisotopic (exact) mass is 262 g/mol. The van der Waals surface area contributed by atoms with Crippen LogP contribution >= 0.6 is 22.6 Å². The maximum absolute atomic E-state index is 12.9. The van der Waals surface area contributed by atoms with Crippen molar-refractivity contribution in [1.82, 2.24) is 0 Å². The van der Waals surface area contributed by atoms with E-state index < -0.39 is 0 Å². The van der Waals surface area contributed by atoms with E-state index in [9.17, 15) is 4.39 Å². The molecule has 1 aromatic carbocycles. The van der Waals surface area contributed by atoms with Crippen molar-refractivity contribution in [3.63, 3.8) is 0 Å². The number of hydrogen-bond acceptors (Lipinski definition) is 1. The number of fused-ring (bicyclic) bond motifs is 1. The summed E-state index contributed by atoms with van der Waals surface area (Å²) in [5, 5.41) is 0.553. The molecule has 0 saturated heterocycles. The highest BCUT2D eigenvalue weighted by atomic mass is 127. The van der Waals surface area contributed by atoms with Crippen LogP contribution in [0.4, 0.5) is 4.39 Å². The minimum Gasteiger partial charge on any atom is -0.463 e. The van der Waals surface area contributed by atoms with Crippen LogP contribution in [0.1, 0.15) is 0 Å². The van der Waals surface area contributed by atoms with Gasteiger partial charge in [0.15, 0.2) is 0 Å². The highest BCUT2D eigenvalue weighted by Crippen LogP contribution is 2.23. The number of benzene rings is 1. The Balaban J connectivity index is 2.96. The smallest absolute Gasteiger partial charge is 0.150 e. The van der Waals surface area contributed by atoms with E-state index in [1.807, 2.05) is 0 Å². The van der Waals surface area contributed by atoms with Crippen molar-refractivity contribution in [3.05, 3.63) is 33.8 Å². The summed E-state index contributed by atoms with van der Waals surface area (Å²) in [5.41, 5.74) is 0.630. The van der Waals surface area contributed by atoms with E-state index in [4.69, 9.17) is 4.42 Å². The van der Waals surface area contributed by atoms with Crippen molar-refractivity contribution < 1.29 is 8.81 Å². The van der Waals surface area contributed by atoms with E-state index in [1.54, 1.807) is 12.1 Å². The summed E-state index contributed by atoms with van der Waals surface area (Å²) in [4.78, 5) is 0. The molecule has 0 radical (unpaired) electrons. The zero-order valence-corrected chi connectivity index (χ0v) is 7.63. The molecule has 0 unspecified atom stereocenters. The van der Waals surface area contributed by atoms with Gasteiger partial charge in [-0.1, -0.05) is 0 Å². The molecule has 0 aliphatic heterocycles. The van der Waals surface area contributed by atoms with E-state index in [0.29, 0.717) is 11.0 Å². The van der Waals surface area contributed by atoms with Crippen LogP contribution in [0, 0.1) is 9.39 Å². The van der Waals surface area contributed by atoms with Gasteiger partial charge >= 0.3 is 0 Å². The van der Waals surface area contributed by atoms with Crippen molar-refractivity contribution in [2.24, 2.45) is 0 Å². The van der Waals surface area contributed by atoms with Crippen LogP contribution < -0.4 is 0 Å². The Morgan fingerprint density at radius 1 is 1.27 bits per heavy atom. The van der Waals surface area contributed by atoms with Crippen molar-refractivity contribution in [3.8, 4) is 0 Å². The maximum atomic E-state index is 12.9. The molecule has 0 aliphatic carbocycles. The van der Waals surface area contributed by atoms with Gasteiger partial charge in [0.2, 0.25) is 0 Å². The molecule has 11 heavy (non-hydrogen) atoms. The summed E-state index contributed by atoms with van der Waals surface area (Å²) in [5.74, 6) is -0.228. The lowest BCUT2D eigenvalue weighted by atomic mass is 10.2. The van der Waals surface area contributed by atoms with Crippen LogP contribution in [-0.4, -0.2) is 0 Å². The van der Waals surface area contributed by atoms with Crippen molar-refractivity contribution in [1.29, 1.82) is 0 Å². The number of furan rings is 1. The molecule has 1 nitrogen and oxygen atoms in total. The van der Waals surface area contributed by atoms with Gasteiger partial charge in [0, 0.05) is 0 Å². The summed E-state index contributed by atoms with van der Waals surface area (Å²) in [7, 11) is 0. The SMILES string of the molecule is Fc1ccc(I)c2occc12. The second kappa shape index (κ2) is 2.48. The molecule has 56 valence electrons. The standard InChI is InChI=1S/C8H4FIO/c9-6-1-2-7(10)8-5(6)3-4-11-8/h1-4H. The highest BCUT2D eigenvalue weighted by Gasteiger charge is 2.05. The molecule has 0 spiro atoms. The fourth-order valence-electron chi connectivity index (χ4n) is 0.994. The molecule has 3 heteroatoms. The Morgan fingerprint density at radius 3 is 2.82 bits per heavy atom. The first-order chi connectivity index (χ1) is 5.29. The lowest BCUT2D eigenvalue weighted by molar-refractivity contribution is 0.608. The van der Waals surface area contributed by atoms with Gasteiger partial charge in [-0.15, -0.1) is 0 Å². The molecule has 1 heterocycles. The molecule has 0 saturated carbocycles. The summed E-state index contributed by atoms with van der Waals surface area (Å²) < 4.78 is 19.0. The predicted octanol–water partition coefficient (Wildman–Crippen LogP) is 3.18. The normalized spacial score (nSPS) is 10.7. The van der Waals surface area contributed by atoms with Gasteiger partial charge in [-0.3, -0.25) is 0 Å². The molecule has 0 amide bonds. The molecule has 2 aromatic rings. The molecular formula is C8H4FIO. The van der Waals surface area contributed by atoms with Gasteiger partial charge in [-0.25, -0.2) is 4.39 Å². The predicted molar refractivity (Wildman–Crippen MR) is 48.9 cm³/mol. The second-order valence-corrected chi connectivity index (χ2v) is 3.35. The van der Waals surface area contributed by atoms with Gasteiger partial charge in [0.25, 0.3) is 0 Å². The average molecular weight is 262 g/mol. The number of halogens is 2. The Morgan fingerprint density at radius 2 is 2.09 bits per heavy atom. The van der Waals surface area contributed by atoms with Crippen molar-refractivity contribution >= 4 is 33.6 Å².